The van der Waals surface area contributed by atoms with E-state index in [1.54, 1.807) is 30.3 Å². The van der Waals surface area contributed by atoms with Crippen molar-refractivity contribution in [2.45, 2.75) is 12.8 Å². The molecule has 1 N–H and O–H groups in total. The third-order valence-corrected chi connectivity index (χ3v) is 5.99. The molecule has 1 amide bonds. The zero-order valence-corrected chi connectivity index (χ0v) is 18.5. The molecule has 0 aliphatic carbocycles. The minimum absolute atomic E-state index is 0.0841. The summed E-state index contributed by atoms with van der Waals surface area (Å²) >= 11 is 12.3. The number of rotatable bonds is 7. The summed E-state index contributed by atoms with van der Waals surface area (Å²) in [6, 6.07) is 18.1. The number of carbonyl (C=O) groups is 1. The average Bonchev–Trinajstić information content (AvgIpc) is 3.31. The first-order valence-electron chi connectivity index (χ1n) is 10.3. The maximum Gasteiger partial charge on any atom is 0.251 e. The highest BCUT2D eigenvalue weighted by Crippen LogP contribution is 2.34. The first-order valence-corrected chi connectivity index (χ1v) is 11.1. The Morgan fingerprint density at radius 2 is 1.81 bits per heavy atom. The fourth-order valence-corrected chi connectivity index (χ4v) is 3.89. The number of hydrogen-bond acceptors (Lipinski definition) is 4. The van der Waals surface area contributed by atoms with E-state index in [0.717, 1.165) is 25.2 Å². The zero-order valence-electron chi connectivity index (χ0n) is 17.0. The van der Waals surface area contributed by atoms with E-state index in [1.165, 1.54) is 12.8 Å². The second-order valence-electron chi connectivity index (χ2n) is 7.40. The van der Waals surface area contributed by atoms with Crippen LogP contribution in [0.25, 0.3) is 11.3 Å². The van der Waals surface area contributed by atoms with Crippen LogP contribution in [0.4, 0.5) is 0 Å². The molecular weight excluding hydrogens is 433 g/mol. The van der Waals surface area contributed by atoms with Crippen molar-refractivity contribution in [3.63, 3.8) is 0 Å². The van der Waals surface area contributed by atoms with Gasteiger partial charge in [0.05, 0.1) is 10.7 Å². The predicted octanol–water partition coefficient (Wildman–Crippen LogP) is 5.67. The Labute approximate surface area is 192 Å². The molecular formula is C24H23Cl2N3O2. The van der Waals surface area contributed by atoms with Crippen LogP contribution in [0.5, 0.6) is 11.6 Å². The maximum absolute atomic E-state index is 12.6. The first-order chi connectivity index (χ1) is 15.1. The van der Waals surface area contributed by atoms with Gasteiger partial charge < -0.3 is 15.0 Å². The van der Waals surface area contributed by atoms with Gasteiger partial charge in [-0.05, 0) is 56.3 Å². The second kappa shape index (κ2) is 10.1. The van der Waals surface area contributed by atoms with Gasteiger partial charge in [-0.3, -0.25) is 4.79 Å². The van der Waals surface area contributed by atoms with Gasteiger partial charge in [0.2, 0.25) is 5.88 Å². The predicted molar refractivity (Wildman–Crippen MR) is 124 cm³/mol. The standard InChI is InChI=1S/C24H23Cl2N3O2/c25-19-8-4-10-21(23(19)26)31-22-11-5-9-20(28-22)17-6-3-7-18(16-17)24(30)27-12-15-29-13-1-2-14-29/h3-11,16H,1-2,12-15H2,(H,27,30). The molecule has 31 heavy (non-hydrogen) atoms. The number of halogens is 2. The Balaban J connectivity index is 1.45. The van der Waals surface area contributed by atoms with E-state index in [-0.39, 0.29) is 5.91 Å². The molecule has 160 valence electrons. The lowest BCUT2D eigenvalue weighted by atomic mass is 10.1. The minimum atomic E-state index is -0.0841. The first kappa shape index (κ1) is 21.6. The summed E-state index contributed by atoms with van der Waals surface area (Å²) in [6.07, 6.45) is 2.49. The highest BCUT2D eigenvalue weighted by atomic mass is 35.5. The monoisotopic (exact) mass is 455 g/mol. The lowest BCUT2D eigenvalue weighted by Gasteiger charge is -2.14. The number of nitrogens with one attached hydrogen (secondary N) is 1. The molecule has 0 saturated carbocycles. The van der Waals surface area contributed by atoms with Crippen molar-refractivity contribution in [3.05, 3.63) is 76.3 Å². The summed E-state index contributed by atoms with van der Waals surface area (Å²) in [5.41, 5.74) is 2.13. The summed E-state index contributed by atoms with van der Waals surface area (Å²) in [5, 5.41) is 3.76. The van der Waals surface area contributed by atoms with E-state index in [2.05, 4.69) is 15.2 Å². The van der Waals surface area contributed by atoms with E-state index in [1.807, 2.05) is 30.3 Å². The molecule has 0 unspecified atom stereocenters. The molecule has 0 radical (unpaired) electrons. The highest BCUT2D eigenvalue weighted by Gasteiger charge is 2.13. The maximum atomic E-state index is 12.6. The van der Waals surface area contributed by atoms with Gasteiger partial charge in [-0.15, -0.1) is 0 Å². The van der Waals surface area contributed by atoms with Crippen LogP contribution in [0.2, 0.25) is 10.0 Å². The lowest BCUT2D eigenvalue weighted by molar-refractivity contribution is 0.0950. The van der Waals surface area contributed by atoms with Crippen molar-refractivity contribution < 1.29 is 9.53 Å². The van der Waals surface area contributed by atoms with Crippen molar-refractivity contribution in [3.8, 4) is 22.9 Å². The molecule has 1 fully saturated rings. The molecule has 1 saturated heterocycles. The number of amides is 1. The van der Waals surface area contributed by atoms with E-state index >= 15 is 0 Å². The molecule has 3 aromatic rings. The van der Waals surface area contributed by atoms with Gasteiger partial charge in [0.1, 0.15) is 10.8 Å². The Morgan fingerprint density at radius 3 is 2.65 bits per heavy atom. The van der Waals surface area contributed by atoms with E-state index < -0.39 is 0 Å². The summed E-state index contributed by atoms with van der Waals surface area (Å²) < 4.78 is 5.82. The third kappa shape index (κ3) is 5.56. The fraction of sp³-hybridized carbons (Fsp3) is 0.250. The Kier molecular flexibility index (Phi) is 7.07. The summed E-state index contributed by atoms with van der Waals surface area (Å²) in [4.78, 5) is 19.5. The van der Waals surface area contributed by atoms with Crippen molar-refractivity contribution in [2.24, 2.45) is 0 Å². The van der Waals surface area contributed by atoms with E-state index in [0.29, 0.717) is 39.5 Å². The van der Waals surface area contributed by atoms with Crippen LogP contribution < -0.4 is 10.1 Å². The van der Waals surface area contributed by atoms with E-state index in [9.17, 15) is 4.79 Å². The van der Waals surface area contributed by atoms with Gasteiger partial charge in [0.15, 0.2) is 0 Å². The lowest BCUT2D eigenvalue weighted by Crippen LogP contribution is -2.33. The SMILES string of the molecule is O=C(NCCN1CCCC1)c1cccc(-c2cccc(Oc3cccc(Cl)c3Cl)n2)c1. The normalized spacial score (nSPS) is 13.9. The molecule has 0 atom stereocenters. The second-order valence-corrected chi connectivity index (χ2v) is 8.19. The number of benzene rings is 2. The number of ether oxygens (including phenoxy) is 1. The van der Waals surface area contributed by atoms with Gasteiger partial charge in [-0.25, -0.2) is 4.98 Å². The number of likely N-dealkylation sites (tertiary alicyclic amines) is 1. The number of aromatic nitrogens is 1. The highest BCUT2D eigenvalue weighted by molar-refractivity contribution is 6.42. The van der Waals surface area contributed by atoms with Crippen LogP contribution in [-0.4, -0.2) is 42.0 Å². The Hall–Kier alpha value is -2.60. The minimum Gasteiger partial charge on any atom is -0.437 e. The topological polar surface area (TPSA) is 54.5 Å². The van der Waals surface area contributed by atoms with Crippen LogP contribution in [0, 0.1) is 0 Å². The van der Waals surface area contributed by atoms with Crippen molar-refractivity contribution >= 4 is 29.1 Å². The van der Waals surface area contributed by atoms with Gasteiger partial charge in [0.25, 0.3) is 5.91 Å². The molecule has 1 aliphatic heterocycles. The zero-order chi connectivity index (χ0) is 21.6. The van der Waals surface area contributed by atoms with Crippen LogP contribution in [-0.2, 0) is 0 Å². The van der Waals surface area contributed by atoms with Crippen molar-refractivity contribution in [2.75, 3.05) is 26.2 Å². The largest absolute Gasteiger partial charge is 0.437 e. The molecule has 7 heteroatoms. The summed E-state index contributed by atoms with van der Waals surface area (Å²) in [7, 11) is 0. The van der Waals surface area contributed by atoms with Crippen molar-refractivity contribution in [1.29, 1.82) is 0 Å². The smallest absolute Gasteiger partial charge is 0.251 e. The molecule has 2 heterocycles. The van der Waals surface area contributed by atoms with E-state index in [4.69, 9.17) is 27.9 Å². The fourth-order valence-electron chi connectivity index (χ4n) is 3.56. The molecule has 5 nitrogen and oxygen atoms in total. The number of carbonyl (C=O) groups excluding carboxylic acids is 1. The third-order valence-electron chi connectivity index (χ3n) is 5.19. The molecule has 0 bridgehead atoms. The van der Waals surface area contributed by atoms with Crippen LogP contribution in [0.15, 0.2) is 60.7 Å². The molecule has 4 rings (SSSR count). The number of nitrogens with zero attached hydrogens (tertiary/aromatic N) is 2. The van der Waals surface area contributed by atoms with Crippen LogP contribution in [0.1, 0.15) is 23.2 Å². The Bertz CT molecular complexity index is 1070. The number of pyridine rings is 1. The molecule has 0 spiro atoms. The molecule has 1 aliphatic rings. The Morgan fingerprint density at radius 1 is 1.03 bits per heavy atom. The average molecular weight is 456 g/mol. The molecule has 2 aromatic carbocycles. The molecule has 1 aromatic heterocycles. The summed E-state index contributed by atoms with van der Waals surface area (Å²) in [5.74, 6) is 0.742. The van der Waals surface area contributed by atoms with Crippen molar-refractivity contribution in [1.82, 2.24) is 15.2 Å². The number of hydrogen-bond donors (Lipinski definition) is 1. The van der Waals surface area contributed by atoms with Gasteiger partial charge in [0, 0.05) is 30.3 Å². The van der Waals surface area contributed by atoms with Gasteiger partial charge in [-0.1, -0.05) is 47.5 Å². The van der Waals surface area contributed by atoms with Gasteiger partial charge >= 0.3 is 0 Å². The van der Waals surface area contributed by atoms with Crippen LogP contribution in [0.3, 0.4) is 0 Å². The van der Waals surface area contributed by atoms with Gasteiger partial charge in [-0.2, -0.15) is 0 Å². The van der Waals surface area contributed by atoms with Crippen LogP contribution >= 0.6 is 23.2 Å². The summed E-state index contributed by atoms with van der Waals surface area (Å²) in [6.45, 7) is 3.77. The quantitative estimate of drug-likeness (QED) is 0.498.